The third kappa shape index (κ3) is 3.10. The van der Waals surface area contributed by atoms with E-state index in [1.165, 1.54) is 5.56 Å². The van der Waals surface area contributed by atoms with E-state index < -0.39 is 0 Å². The molecule has 1 aromatic carbocycles. The summed E-state index contributed by atoms with van der Waals surface area (Å²) in [5.41, 5.74) is 3.67. The largest absolute Gasteiger partial charge is 0.347 e. The lowest BCUT2D eigenvalue weighted by atomic mass is 10.1. The quantitative estimate of drug-likeness (QED) is 0.787. The zero-order valence-corrected chi connectivity index (χ0v) is 15.3. The first-order valence-corrected chi connectivity index (χ1v) is 9.14. The summed E-state index contributed by atoms with van der Waals surface area (Å²) in [4.78, 5) is 19.9. The number of pyridine rings is 1. The number of hydrogen-bond donors (Lipinski definition) is 1. The van der Waals surface area contributed by atoms with Gasteiger partial charge in [0, 0.05) is 12.7 Å². The van der Waals surface area contributed by atoms with Gasteiger partial charge in [0.1, 0.15) is 5.82 Å². The summed E-state index contributed by atoms with van der Waals surface area (Å²) in [6, 6.07) is 14.4. The molecule has 5 heteroatoms. The Morgan fingerprint density at radius 1 is 1.23 bits per heavy atom. The molecule has 1 aliphatic heterocycles. The Hall–Kier alpha value is -2.66. The van der Waals surface area contributed by atoms with Crippen LogP contribution >= 0.6 is 0 Å². The van der Waals surface area contributed by atoms with Gasteiger partial charge in [-0.3, -0.25) is 9.69 Å². The Morgan fingerprint density at radius 2 is 2.04 bits per heavy atom. The van der Waals surface area contributed by atoms with Crippen molar-refractivity contribution in [3.05, 3.63) is 71.3 Å². The van der Waals surface area contributed by atoms with Crippen molar-refractivity contribution in [2.45, 2.75) is 32.4 Å². The number of nitrogens with zero attached hydrogens (tertiary/aromatic N) is 3. The average Bonchev–Trinajstić information content (AvgIpc) is 3.24. The number of aromatic nitrogens is 2. The van der Waals surface area contributed by atoms with Gasteiger partial charge in [-0.1, -0.05) is 35.9 Å². The summed E-state index contributed by atoms with van der Waals surface area (Å²) in [6.45, 7) is 3.63. The van der Waals surface area contributed by atoms with Crippen molar-refractivity contribution < 1.29 is 4.79 Å². The maximum atomic E-state index is 12.8. The minimum absolute atomic E-state index is 0.124. The van der Waals surface area contributed by atoms with Crippen LogP contribution in [0.15, 0.2) is 48.7 Å². The third-order valence-electron chi connectivity index (χ3n) is 5.18. The molecule has 0 saturated carbocycles. The minimum Gasteiger partial charge on any atom is -0.347 e. The van der Waals surface area contributed by atoms with Crippen LogP contribution in [-0.4, -0.2) is 33.8 Å². The van der Waals surface area contributed by atoms with Crippen LogP contribution < -0.4 is 5.32 Å². The fourth-order valence-corrected chi connectivity index (χ4v) is 3.67. The van der Waals surface area contributed by atoms with E-state index >= 15 is 0 Å². The molecule has 3 heterocycles. The van der Waals surface area contributed by atoms with Crippen LogP contribution in [0.2, 0.25) is 0 Å². The molecule has 1 saturated heterocycles. The second kappa shape index (κ2) is 6.92. The first kappa shape index (κ1) is 16.8. The molecule has 4 rings (SSSR count). The predicted molar refractivity (Wildman–Crippen MR) is 102 cm³/mol. The van der Waals surface area contributed by atoms with Gasteiger partial charge in [-0.2, -0.15) is 0 Å². The van der Waals surface area contributed by atoms with Crippen molar-refractivity contribution in [2.75, 3.05) is 13.6 Å². The van der Waals surface area contributed by atoms with E-state index in [0.29, 0.717) is 12.2 Å². The summed E-state index contributed by atoms with van der Waals surface area (Å²) in [7, 11) is 2.12. The molecule has 5 nitrogen and oxygen atoms in total. The molecule has 1 unspecified atom stereocenters. The number of benzene rings is 1. The summed E-state index contributed by atoms with van der Waals surface area (Å²) < 4.78 is 2.06. The Labute approximate surface area is 153 Å². The molecule has 134 valence electrons. The number of likely N-dealkylation sites (tertiary alicyclic amines) is 1. The van der Waals surface area contributed by atoms with Crippen molar-refractivity contribution in [1.29, 1.82) is 0 Å². The highest BCUT2D eigenvalue weighted by Crippen LogP contribution is 2.31. The second-order valence-electron chi connectivity index (χ2n) is 7.08. The van der Waals surface area contributed by atoms with Crippen molar-refractivity contribution in [1.82, 2.24) is 19.6 Å². The molecule has 2 aromatic heterocycles. The Bertz CT molecular complexity index is 929. The number of carbonyl (C=O) groups excluding carboxylic acids is 1. The molecule has 0 spiro atoms. The minimum atomic E-state index is -0.124. The number of aryl methyl sites for hydroxylation is 1. The smallest absolute Gasteiger partial charge is 0.272 e. The van der Waals surface area contributed by atoms with Gasteiger partial charge < -0.3 is 9.72 Å². The molecule has 1 atom stereocenters. The highest BCUT2D eigenvalue weighted by Gasteiger charge is 2.28. The highest BCUT2D eigenvalue weighted by molar-refractivity contribution is 5.99. The van der Waals surface area contributed by atoms with Gasteiger partial charge in [0.05, 0.1) is 11.6 Å². The van der Waals surface area contributed by atoms with Gasteiger partial charge in [0.2, 0.25) is 0 Å². The molecule has 1 fully saturated rings. The Morgan fingerprint density at radius 3 is 2.77 bits per heavy atom. The van der Waals surface area contributed by atoms with E-state index in [4.69, 9.17) is 4.98 Å². The normalized spacial score (nSPS) is 17.7. The highest BCUT2D eigenvalue weighted by atomic mass is 16.1. The maximum Gasteiger partial charge on any atom is 0.272 e. The van der Waals surface area contributed by atoms with Crippen molar-refractivity contribution >= 4 is 11.4 Å². The monoisotopic (exact) mass is 348 g/mol. The standard InChI is InChI=1S/C21H24N4O/c1-15-8-10-16(11-9-15)14-22-21(26)19-17-6-3-4-13-25(17)20(23-19)18-7-5-12-24(18)2/h3-4,6,8-11,13,18H,5,7,12,14H2,1-2H3,(H,22,26). The number of fused-ring (bicyclic) bond motifs is 1. The number of carbonyl (C=O) groups is 1. The summed E-state index contributed by atoms with van der Waals surface area (Å²) in [5.74, 6) is 0.835. The molecule has 26 heavy (non-hydrogen) atoms. The average molecular weight is 348 g/mol. The topological polar surface area (TPSA) is 49.6 Å². The molecule has 0 radical (unpaired) electrons. The van der Waals surface area contributed by atoms with E-state index in [1.807, 2.05) is 36.5 Å². The molecule has 1 aliphatic rings. The van der Waals surface area contributed by atoms with E-state index in [2.05, 4.69) is 40.7 Å². The van der Waals surface area contributed by atoms with Gasteiger partial charge >= 0.3 is 0 Å². The Balaban J connectivity index is 1.61. The summed E-state index contributed by atoms with van der Waals surface area (Å²) in [6.07, 6.45) is 4.24. The second-order valence-corrected chi connectivity index (χ2v) is 7.08. The number of hydrogen-bond acceptors (Lipinski definition) is 3. The van der Waals surface area contributed by atoms with Crippen LogP contribution in [-0.2, 0) is 6.54 Å². The van der Waals surface area contributed by atoms with Crippen LogP contribution in [0.1, 0.15) is 46.3 Å². The number of nitrogens with one attached hydrogen (secondary N) is 1. The van der Waals surface area contributed by atoms with E-state index in [-0.39, 0.29) is 11.9 Å². The zero-order valence-electron chi connectivity index (χ0n) is 15.3. The van der Waals surface area contributed by atoms with Crippen molar-refractivity contribution in [2.24, 2.45) is 0 Å². The fourth-order valence-electron chi connectivity index (χ4n) is 3.67. The number of rotatable bonds is 4. The molecule has 1 N–H and O–H groups in total. The van der Waals surface area contributed by atoms with Crippen LogP contribution in [0, 0.1) is 6.92 Å². The summed E-state index contributed by atoms with van der Waals surface area (Å²) in [5, 5.41) is 3.01. The SMILES string of the molecule is Cc1ccc(CNC(=O)c2nc(C3CCCN3C)n3ccccc23)cc1. The Kier molecular flexibility index (Phi) is 4.47. The van der Waals surface area contributed by atoms with Crippen LogP contribution in [0.5, 0.6) is 0 Å². The van der Waals surface area contributed by atoms with Gasteiger partial charge in [-0.25, -0.2) is 4.98 Å². The van der Waals surface area contributed by atoms with Crippen molar-refractivity contribution in [3.8, 4) is 0 Å². The van der Waals surface area contributed by atoms with Crippen molar-refractivity contribution in [3.63, 3.8) is 0 Å². The lowest BCUT2D eigenvalue weighted by Gasteiger charge is -2.17. The van der Waals surface area contributed by atoms with Gasteiger partial charge in [-0.15, -0.1) is 0 Å². The van der Waals surface area contributed by atoms with Crippen LogP contribution in [0.3, 0.4) is 0 Å². The lowest BCUT2D eigenvalue weighted by molar-refractivity contribution is 0.0947. The predicted octanol–water partition coefficient (Wildman–Crippen LogP) is 3.34. The molecule has 0 bridgehead atoms. The van der Waals surface area contributed by atoms with E-state index in [1.54, 1.807) is 0 Å². The van der Waals surface area contributed by atoms with E-state index in [9.17, 15) is 4.79 Å². The summed E-state index contributed by atoms with van der Waals surface area (Å²) >= 11 is 0. The molecular weight excluding hydrogens is 324 g/mol. The maximum absolute atomic E-state index is 12.8. The molecule has 0 aliphatic carbocycles. The zero-order chi connectivity index (χ0) is 18.1. The van der Waals surface area contributed by atoms with Crippen LogP contribution in [0.25, 0.3) is 5.52 Å². The van der Waals surface area contributed by atoms with E-state index in [0.717, 1.165) is 36.3 Å². The van der Waals surface area contributed by atoms with Gasteiger partial charge in [-0.05, 0) is 51.1 Å². The molecule has 3 aromatic rings. The lowest BCUT2D eigenvalue weighted by Crippen LogP contribution is -2.23. The van der Waals surface area contributed by atoms with Gasteiger partial charge in [0.25, 0.3) is 5.91 Å². The third-order valence-corrected chi connectivity index (χ3v) is 5.18. The number of imidazole rings is 1. The first-order valence-electron chi connectivity index (χ1n) is 9.14. The molecule has 1 amide bonds. The van der Waals surface area contributed by atoms with Gasteiger partial charge in [0.15, 0.2) is 5.69 Å². The molecular formula is C21H24N4O. The van der Waals surface area contributed by atoms with Crippen LogP contribution in [0.4, 0.5) is 0 Å². The number of amides is 1. The fraction of sp³-hybridized carbons (Fsp3) is 0.333. The first-order chi connectivity index (χ1) is 12.6.